The molecular formula is C8H5N3O4. The molecule has 7 heteroatoms. The predicted molar refractivity (Wildman–Crippen MR) is 48.8 cm³/mol. The van der Waals surface area contributed by atoms with Crippen LogP contribution in [0.15, 0.2) is 24.5 Å². The molecule has 1 N–H and O–H groups in total. The van der Waals surface area contributed by atoms with Crippen LogP contribution >= 0.6 is 0 Å². The monoisotopic (exact) mass is 207 g/mol. The van der Waals surface area contributed by atoms with Crippen LogP contribution in [0.3, 0.4) is 0 Å². The number of fused-ring (bicyclic) bond motifs is 1. The van der Waals surface area contributed by atoms with Gasteiger partial charge >= 0.3 is 5.97 Å². The Labute approximate surface area is 82.7 Å². The van der Waals surface area contributed by atoms with Crippen molar-refractivity contribution in [3.05, 3.63) is 40.2 Å². The molecule has 2 aromatic heterocycles. The number of hydrogen-bond acceptors (Lipinski definition) is 4. The van der Waals surface area contributed by atoms with Gasteiger partial charge < -0.3 is 5.11 Å². The van der Waals surface area contributed by atoms with Crippen molar-refractivity contribution in [1.82, 2.24) is 9.61 Å². The second-order valence-corrected chi connectivity index (χ2v) is 2.84. The highest BCUT2D eigenvalue weighted by Crippen LogP contribution is 2.17. The van der Waals surface area contributed by atoms with E-state index in [1.807, 2.05) is 0 Å². The van der Waals surface area contributed by atoms with Gasteiger partial charge in [-0.25, -0.2) is 9.31 Å². The number of aromatic carboxylic acids is 1. The topological polar surface area (TPSA) is 97.7 Å². The molecular weight excluding hydrogens is 202 g/mol. The number of nitro groups is 1. The molecule has 0 atom stereocenters. The van der Waals surface area contributed by atoms with Gasteiger partial charge in [-0.2, -0.15) is 5.10 Å². The van der Waals surface area contributed by atoms with E-state index in [0.717, 1.165) is 6.20 Å². The van der Waals surface area contributed by atoms with Crippen molar-refractivity contribution >= 4 is 17.2 Å². The SMILES string of the molecule is O=C(O)c1cnn2ccc([N+](=O)[O-])cc12. The van der Waals surface area contributed by atoms with Gasteiger partial charge in [0.1, 0.15) is 5.56 Å². The standard InChI is InChI=1S/C8H5N3O4/c12-8(13)6-4-9-10-2-1-5(11(14)15)3-7(6)10/h1-4H,(H,12,13). The molecule has 2 heterocycles. The molecule has 0 bridgehead atoms. The Morgan fingerprint density at radius 3 is 2.93 bits per heavy atom. The third-order valence-electron chi connectivity index (χ3n) is 1.95. The zero-order chi connectivity index (χ0) is 11.0. The zero-order valence-electron chi connectivity index (χ0n) is 7.32. The third kappa shape index (κ3) is 1.39. The highest BCUT2D eigenvalue weighted by molar-refractivity contribution is 5.95. The summed E-state index contributed by atoms with van der Waals surface area (Å²) >= 11 is 0. The first-order valence-electron chi connectivity index (χ1n) is 3.94. The first kappa shape index (κ1) is 9.13. The molecule has 0 unspecified atom stereocenters. The van der Waals surface area contributed by atoms with E-state index in [-0.39, 0.29) is 16.8 Å². The van der Waals surface area contributed by atoms with Gasteiger partial charge in [0.05, 0.1) is 16.6 Å². The molecule has 0 radical (unpaired) electrons. The molecule has 76 valence electrons. The zero-order valence-corrected chi connectivity index (χ0v) is 7.32. The quantitative estimate of drug-likeness (QED) is 0.583. The number of carboxylic acids is 1. The fourth-order valence-corrected chi connectivity index (χ4v) is 1.25. The minimum Gasteiger partial charge on any atom is -0.478 e. The maximum atomic E-state index is 10.7. The van der Waals surface area contributed by atoms with Crippen LogP contribution in [0, 0.1) is 10.1 Å². The average Bonchev–Trinajstić information content (AvgIpc) is 2.59. The van der Waals surface area contributed by atoms with Gasteiger partial charge in [-0.3, -0.25) is 10.1 Å². The number of hydrogen-bond donors (Lipinski definition) is 1. The van der Waals surface area contributed by atoms with E-state index in [0.29, 0.717) is 0 Å². The summed E-state index contributed by atoms with van der Waals surface area (Å²) < 4.78 is 1.27. The largest absolute Gasteiger partial charge is 0.478 e. The van der Waals surface area contributed by atoms with Gasteiger partial charge in [0.25, 0.3) is 5.69 Å². The normalized spacial score (nSPS) is 10.4. The molecule has 2 rings (SSSR count). The molecule has 0 spiro atoms. The van der Waals surface area contributed by atoms with Gasteiger partial charge in [0.2, 0.25) is 0 Å². The van der Waals surface area contributed by atoms with Gasteiger partial charge in [-0.15, -0.1) is 0 Å². The lowest BCUT2D eigenvalue weighted by molar-refractivity contribution is -0.384. The minimum absolute atomic E-state index is 0.0568. The first-order valence-corrected chi connectivity index (χ1v) is 3.94. The molecule has 0 fully saturated rings. The van der Waals surface area contributed by atoms with E-state index in [4.69, 9.17) is 5.11 Å². The van der Waals surface area contributed by atoms with Crippen molar-refractivity contribution < 1.29 is 14.8 Å². The highest BCUT2D eigenvalue weighted by atomic mass is 16.6. The van der Waals surface area contributed by atoms with Crippen LogP contribution in [-0.2, 0) is 0 Å². The number of rotatable bonds is 2. The van der Waals surface area contributed by atoms with Crippen LogP contribution < -0.4 is 0 Å². The lowest BCUT2D eigenvalue weighted by atomic mass is 10.2. The van der Waals surface area contributed by atoms with E-state index in [2.05, 4.69) is 5.10 Å². The van der Waals surface area contributed by atoms with Crippen LogP contribution in [0.5, 0.6) is 0 Å². The molecule has 0 aliphatic heterocycles. The summed E-state index contributed by atoms with van der Waals surface area (Å²) in [5.41, 5.74) is -0.0131. The summed E-state index contributed by atoms with van der Waals surface area (Å²) in [5.74, 6) is -1.16. The molecule has 0 aromatic carbocycles. The third-order valence-corrected chi connectivity index (χ3v) is 1.95. The Kier molecular flexibility index (Phi) is 1.86. The number of carboxylic acid groups (broad SMARTS) is 1. The summed E-state index contributed by atoms with van der Waals surface area (Å²) in [6.45, 7) is 0. The fourth-order valence-electron chi connectivity index (χ4n) is 1.25. The van der Waals surface area contributed by atoms with Gasteiger partial charge in [-0.05, 0) is 0 Å². The lowest BCUT2D eigenvalue weighted by Crippen LogP contribution is -1.96. The van der Waals surface area contributed by atoms with Crippen LogP contribution in [0.4, 0.5) is 5.69 Å². The van der Waals surface area contributed by atoms with Gasteiger partial charge in [-0.1, -0.05) is 0 Å². The Morgan fingerprint density at radius 2 is 2.33 bits per heavy atom. The lowest BCUT2D eigenvalue weighted by Gasteiger charge is -1.94. The number of carbonyl (C=O) groups is 1. The second-order valence-electron chi connectivity index (χ2n) is 2.84. The molecule has 0 amide bonds. The molecule has 15 heavy (non-hydrogen) atoms. The molecule has 2 aromatic rings. The van der Waals surface area contributed by atoms with Crippen molar-refractivity contribution in [2.24, 2.45) is 0 Å². The van der Waals surface area contributed by atoms with Crippen LogP contribution in [0.25, 0.3) is 5.52 Å². The summed E-state index contributed by atoms with van der Waals surface area (Å²) in [5, 5.41) is 23.0. The Balaban J connectivity index is 2.72. The summed E-state index contributed by atoms with van der Waals surface area (Å²) in [6, 6.07) is 2.43. The first-order chi connectivity index (χ1) is 7.09. The Hall–Kier alpha value is -2.44. The van der Waals surface area contributed by atoms with Crippen molar-refractivity contribution in [2.45, 2.75) is 0 Å². The maximum absolute atomic E-state index is 10.7. The Bertz CT molecular complexity index is 560. The predicted octanol–water partition coefficient (Wildman–Crippen LogP) is 0.941. The van der Waals surface area contributed by atoms with Crippen molar-refractivity contribution in [3.8, 4) is 0 Å². The van der Waals surface area contributed by atoms with Gasteiger partial charge in [0, 0.05) is 18.3 Å². The van der Waals surface area contributed by atoms with Crippen molar-refractivity contribution in [2.75, 3.05) is 0 Å². The van der Waals surface area contributed by atoms with Crippen LogP contribution in [0.1, 0.15) is 10.4 Å². The summed E-state index contributed by atoms with van der Waals surface area (Å²) in [7, 11) is 0. The maximum Gasteiger partial charge on any atom is 0.339 e. The van der Waals surface area contributed by atoms with E-state index in [1.54, 1.807) is 0 Å². The average molecular weight is 207 g/mol. The van der Waals surface area contributed by atoms with Crippen molar-refractivity contribution in [1.29, 1.82) is 0 Å². The van der Waals surface area contributed by atoms with E-state index >= 15 is 0 Å². The second kappa shape index (κ2) is 3.05. The van der Waals surface area contributed by atoms with Crippen LogP contribution in [-0.4, -0.2) is 25.6 Å². The molecule has 0 aliphatic carbocycles. The van der Waals surface area contributed by atoms with E-state index < -0.39 is 10.9 Å². The fraction of sp³-hybridized carbons (Fsp3) is 0. The van der Waals surface area contributed by atoms with E-state index in [1.165, 1.54) is 22.8 Å². The number of nitrogens with zero attached hydrogens (tertiary/aromatic N) is 3. The Morgan fingerprint density at radius 1 is 1.60 bits per heavy atom. The summed E-state index contributed by atoms with van der Waals surface area (Å²) in [6.07, 6.45) is 2.50. The van der Waals surface area contributed by atoms with Gasteiger partial charge in [0.15, 0.2) is 0 Å². The van der Waals surface area contributed by atoms with E-state index in [9.17, 15) is 14.9 Å². The smallest absolute Gasteiger partial charge is 0.339 e. The van der Waals surface area contributed by atoms with Crippen molar-refractivity contribution in [3.63, 3.8) is 0 Å². The molecule has 0 aliphatic rings. The summed E-state index contributed by atoms with van der Waals surface area (Å²) in [4.78, 5) is 20.6. The van der Waals surface area contributed by atoms with Crippen LogP contribution in [0.2, 0.25) is 0 Å². The minimum atomic E-state index is -1.16. The number of aromatic nitrogens is 2. The molecule has 7 nitrogen and oxygen atoms in total. The number of pyridine rings is 1. The molecule has 0 saturated heterocycles. The molecule has 0 saturated carbocycles. The highest BCUT2D eigenvalue weighted by Gasteiger charge is 2.14.